The van der Waals surface area contributed by atoms with Gasteiger partial charge in [0, 0.05) is 17.7 Å². The van der Waals surface area contributed by atoms with Gasteiger partial charge in [-0.05, 0) is 38.3 Å². The fourth-order valence-electron chi connectivity index (χ4n) is 2.11. The Kier molecular flexibility index (Phi) is 4.00. The lowest BCUT2D eigenvalue weighted by molar-refractivity contribution is 0.444. The van der Waals surface area contributed by atoms with Crippen LogP contribution in [0, 0.1) is 11.7 Å². The van der Waals surface area contributed by atoms with Gasteiger partial charge in [0.25, 0.3) is 0 Å². The lowest BCUT2D eigenvalue weighted by atomic mass is 10.1. The molecule has 17 heavy (non-hydrogen) atoms. The summed E-state index contributed by atoms with van der Waals surface area (Å²) in [6, 6.07) is 4.26. The summed E-state index contributed by atoms with van der Waals surface area (Å²) in [5.41, 5.74) is 0.762. The molecule has 3 heteroatoms. The van der Waals surface area contributed by atoms with Gasteiger partial charge in [-0.15, -0.1) is 0 Å². The highest BCUT2D eigenvalue weighted by Gasteiger charge is 2.20. The van der Waals surface area contributed by atoms with Crippen molar-refractivity contribution in [2.75, 3.05) is 6.54 Å². The third-order valence-corrected chi connectivity index (χ3v) is 3.40. The van der Waals surface area contributed by atoms with Gasteiger partial charge in [0.05, 0.1) is 0 Å². The average Bonchev–Trinajstić information content (AvgIpc) is 3.08. The van der Waals surface area contributed by atoms with Gasteiger partial charge in [0.2, 0.25) is 0 Å². The highest BCUT2D eigenvalue weighted by Crippen LogP contribution is 2.33. The van der Waals surface area contributed by atoms with E-state index in [9.17, 15) is 9.50 Å². The largest absolute Gasteiger partial charge is 0.508 e. The van der Waals surface area contributed by atoms with Crippen molar-refractivity contribution in [3.63, 3.8) is 0 Å². The van der Waals surface area contributed by atoms with Crippen LogP contribution >= 0.6 is 0 Å². The summed E-state index contributed by atoms with van der Waals surface area (Å²) in [6.45, 7) is 2.94. The summed E-state index contributed by atoms with van der Waals surface area (Å²) in [5, 5.41) is 13.0. The summed E-state index contributed by atoms with van der Waals surface area (Å²) >= 11 is 0. The zero-order valence-electron chi connectivity index (χ0n) is 10.2. The van der Waals surface area contributed by atoms with E-state index in [-0.39, 0.29) is 11.8 Å². The van der Waals surface area contributed by atoms with Gasteiger partial charge >= 0.3 is 0 Å². The van der Waals surface area contributed by atoms with E-state index in [1.807, 2.05) is 6.92 Å². The fraction of sp³-hybridized carbons (Fsp3) is 0.571. The molecule has 0 aliphatic heterocycles. The van der Waals surface area contributed by atoms with Gasteiger partial charge in [-0.1, -0.05) is 18.9 Å². The molecule has 0 heterocycles. The second-order valence-corrected chi connectivity index (χ2v) is 4.96. The number of phenolic OH excluding ortho intramolecular Hbond substituents is 1. The van der Waals surface area contributed by atoms with Crippen LogP contribution in [0.25, 0.3) is 0 Å². The molecule has 0 amide bonds. The monoisotopic (exact) mass is 237 g/mol. The maximum absolute atomic E-state index is 12.8. The minimum atomic E-state index is -0.396. The minimum Gasteiger partial charge on any atom is -0.508 e. The predicted molar refractivity (Wildman–Crippen MR) is 66.4 cm³/mol. The first-order valence-electron chi connectivity index (χ1n) is 6.38. The first-order chi connectivity index (χ1) is 8.16. The van der Waals surface area contributed by atoms with E-state index in [0.29, 0.717) is 0 Å². The van der Waals surface area contributed by atoms with Crippen molar-refractivity contribution < 1.29 is 9.50 Å². The van der Waals surface area contributed by atoms with Crippen LogP contribution in [0.15, 0.2) is 18.2 Å². The summed E-state index contributed by atoms with van der Waals surface area (Å²) in [4.78, 5) is 0. The normalized spacial score (nSPS) is 17.1. The Balaban J connectivity index is 1.78. The zero-order valence-corrected chi connectivity index (χ0v) is 10.2. The van der Waals surface area contributed by atoms with E-state index in [0.717, 1.165) is 24.1 Å². The highest BCUT2D eigenvalue weighted by atomic mass is 19.1. The van der Waals surface area contributed by atoms with E-state index in [1.165, 1.54) is 31.7 Å². The number of benzene rings is 1. The van der Waals surface area contributed by atoms with Gasteiger partial charge in [-0.2, -0.15) is 0 Å². The molecule has 0 spiro atoms. The Labute approximate surface area is 102 Å². The molecule has 1 unspecified atom stereocenters. The molecule has 2 nitrogen and oxygen atoms in total. The van der Waals surface area contributed by atoms with Gasteiger partial charge in [-0.3, -0.25) is 0 Å². The van der Waals surface area contributed by atoms with E-state index in [2.05, 4.69) is 5.32 Å². The zero-order chi connectivity index (χ0) is 12.3. The SMILES string of the molecule is CC(NCCCC1CC1)c1ccc(F)cc1O. The van der Waals surface area contributed by atoms with Crippen LogP contribution in [0.5, 0.6) is 5.75 Å². The number of aromatic hydroxyl groups is 1. The van der Waals surface area contributed by atoms with Crippen LogP contribution in [0.1, 0.15) is 44.2 Å². The van der Waals surface area contributed by atoms with E-state index >= 15 is 0 Å². The number of rotatable bonds is 6. The third kappa shape index (κ3) is 3.70. The third-order valence-electron chi connectivity index (χ3n) is 3.40. The number of nitrogens with one attached hydrogen (secondary N) is 1. The van der Waals surface area contributed by atoms with Crippen molar-refractivity contribution in [3.8, 4) is 5.75 Å². The second-order valence-electron chi connectivity index (χ2n) is 4.96. The Hall–Kier alpha value is -1.09. The molecule has 0 saturated heterocycles. The maximum atomic E-state index is 12.8. The molecule has 1 atom stereocenters. The molecule has 1 aliphatic rings. The number of hydrogen-bond donors (Lipinski definition) is 2. The minimum absolute atomic E-state index is 0.0344. The lowest BCUT2D eigenvalue weighted by Gasteiger charge is -2.15. The summed E-state index contributed by atoms with van der Waals surface area (Å²) in [5.74, 6) is 0.603. The standard InChI is InChI=1S/C14H20FNO/c1-10(16-8-2-3-11-4-5-11)13-7-6-12(15)9-14(13)17/h6-7,9-11,16-17H,2-5,8H2,1H3. The van der Waals surface area contributed by atoms with Gasteiger partial charge < -0.3 is 10.4 Å². The summed E-state index contributed by atoms with van der Waals surface area (Å²) in [6.07, 6.45) is 5.27. The molecule has 1 aromatic rings. The van der Waals surface area contributed by atoms with Crippen molar-refractivity contribution >= 4 is 0 Å². The predicted octanol–water partition coefficient (Wildman–Crippen LogP) is 3.37. The van der Waals surface area contributed by atoms with Crippen molar-refractivity contribution in [2.45, 2.75) is 38.6 Å². The Bertz CT molecular complexity index is 376. The van der Waals surface area contributed by atoms with Crippen LogP contribution in [-0.2, 0) is 0 Å². The molecular weight excluding hydrogens is 217 g/mol. The van der Waals surface area contributed by atoms with Crippen LogP contribution in [0.4, 0.5) is 4.39 Å². The Morgan fingerprint density at radius 3 is 2.88 bits per heavy atom. The van der Waals surface area contributed by atoms with Gasteiger partial charge in [-0.25, -0.2) is 4.39 Å². The van der Waals surface area contributed by atoms with Crippen molar-refractivity contribution in [2.24, 2.45) is 5.92 Å². The molecule has 2 rings (SSSR count). The molecular formula is C14H20FNO. The molecule has 0 radical (unpaired) electrons. The summed E-state index contributed by atoms with van der Waals surface area (Å²) < 4.78 is 12.8. The summed E-state index contributed by atoms with van der Waals surface area (Å²) in [7, 11) is 0. The molecule has 0 bridgehead atoms. The maximum Gasteiger partial charge on any atom is 0.126 e. The second kappa shape index (κ2) is 5.50. The number of hydrogen-bond acceptors (Lipinski definition) is 2. The topological polar surface area (TPSA) is 32.3 Å². The molecule has 1 aliphatic carbocycles. The molecule has 94 valence electrons. The van der Waals surface area contributed by atoms with E-state index in [1.54, 1.807) is 6.07 Å². The first-order valence-corrected chi connectivity index (χ1v) is 6.38. The van der Waals surface area contributed by atoms with E-state index in [4.69, 9.17) is 0 Å². The Morgan fingerprint density at radius 2 is 2.24 bits per heavy atom. The average molecular weight is 237 g/mol. The molecule has 1 aromatic carbocycles. The van der Waals surface area contributed by atoms with Crippen LogP contribution < -0.4 is 5.32 Å². The number of halogens is 1. The van der Waals surface area contributed by atoms with Gasteiger partial charge in [0.1, 0.15) is 11.6 Å². The quantitative estimate of drug-likeness (QED) is 0.743. The van der Waals surface area contributed by atoms with Crippen LogP contribution in [0.3, 0.4) is 0 Å². The van der Waals surface area contributed by atoms with Crippen molar-refractivity contribution in [1.82, 2.24) is 5.32 Å². The molecule has 1 fully saturated rings. The number of phenols is 1. The highest BCUT2D eigenvalue weighted by molar-refractivity contribution is 5.34. The van der Waals surface area contributed by atoms with Gasteiger partial charge in [0.15, 0.2) is 0 Å². The Morgan fingerprint density at radius 1 is 1.47 bits per heavy atom. The van der Waals surface area contributed by atoms with Crippen LogP contribution in [-0.4, -0.2) is 11.7 Å². The smallest absolute Gasteiger partial charge is 0.126 e. The van der Waals surface area contributed by atoms with Crippen LogP contribution in [0.2, 0.25) is 0 Å². The van der Waals surface area contributed by atoms with Crippen molar-refractivity contribution in [3.05, 3.63) is 29.6 Å². The van der Waals surface area contributed by atoms with E-state index < -0.39 is 5.82 Å². The molecule has 0 aromatic heterocycles. The first kappa shape index (κ1) is 12.4. The van der Waals surface area contributed by atoms with Crippen molar-refractivity contribution in [1.29, 1.82) is 0 Å². The molecule has 1 saturated carbocycles. The fourth-order valence-corrected chi connectivity index (χ4v) is 2.11. The lowest BCUT2D eigenvalue weighted by Crippen LogP contribution is -2.20. The molecule has 2 N–H and O–H groups in total.